The van der Waals surface area contributed by atoms with Crippen LogP contribution in [-0.2, 0) is 10.0 Å². The van der Waals surface area contributed by atoms with Crippen molar-refractivity contribution in [2.45, 2.75) is 6.92 Å². The van der Waals surface area contributed by atoms with Gasteiger partial charge in [-0.3, -0.25) is 4.72 Å². The van der Waals surface area contributed by atoms with E-state index in [1.165, 1.54) is 25.1 Å². The van der Waals surface area contributed by atoms with Gasteiger partial charge in [0.15, 0.2) is 5.01 Å². The van der Waals surface area contributed by atoms with Gasteiger partial charge in [0.25, 0.3) is 0 Å². The fraction of sp³-hybridized carbons (Fsp3) is 0.200. The van der Waals surface area contributed by atoms with E-state index in [1.807, 2.05) is 0 Å². The molecule has 0 saturated heterocycles. The molecule has 0 radical (unpaired) electrons. The largest absolute Gasteiger partial charge is 0.399 e. The van der Waals surface area contributed by atoms with E-state index >= 15 is 0 Å². The predicted octanol–water partition coefficient (Wildman–Crippen LogP) is 1.69. The highest BCUT2D eigenvalue weighted by molar-refractivity contribution is 7.92. The second kappa shape index (κ2) is 5.10. The number of nitrogens with one attached hydrogen (secondary N) is 1. The molecule has 2 aromatic rings. The number of halogens is 1. The lowest BCUT2D eigenvalue weighted by atomic mass is 10.2. The van der Waals surface area contributed by atoms with E-state index in [-0.39, 0.29) is 21.5 Å². The van der Waals surface area contributed by atoms with Crippen LogP contribution in [-0.4, -0.2) is 24.4 Å². The molecule has 0 spiro atoms. The molecule has 0 unspecified atom stereocenters. The van der Waals surface area contributed by atoms with Crippen molar-refractivity contribution >= 4 is 32.2 Å². The van der Waals surface area contributed by atoms with E-state index in [0.717, 1.165) is 11.3 Å². The van der Waals surface area contributed by atoms with Crippen molar-refractivity contribution in [3.05, 3.63) is 24.0 Å². The zero-order valence-corrected chi connectivity index (χ0v) is 11.6. The Morgan fingerprint density at radius 3 is 2.84 bits per heavy atom. The topological polar surface area (TPSA) is 98.0 Å². The monoisotopic (exact) mass is 302 g/mol. The number of nitrogen functional groups attached to an aromatic ring is 1. The fourth-order valence-corrected chi connectivity index (χ4v) is 2.90. The minimum atomic E-state index is -3.42. The third-order valence-electron chi connectivity index (χ3n) is 2.27. The van der Waals surface area contributed by atoms with Crippen LogP contribution in [0.1, 0.15) is 6.92 Å². The highest BCUT2D eigenvalue weighted by Gasteiger charge is 2.14. The summed E-state index contributed by atoms with van der Waals surface area (Å²) in [5.74, 6) is -0.565. The molecule has 1 heterocycles. The van der Waals surface area contributed by atoms with Gasteiger partial charge in [-0.2, -0.15) is 0 Å². The van der Waals surface area contributed by atoms with Gasteiger partial charge in [-0.05, 0) is 25.1 Å². The van der Waals surface area contributed by atoms with Gasteiger partial charge in [-0.25, -0.2) is 12.8 Å². The minimum absolute atomic E-state index is 0.0748. The van der Waals surface area contributed by atoms with Crippen molar-refractivity contribution in [3.8, 4) is 10.6 Å². The highest BCUT2D eigenvalue weighted by atomic mass is 32.2. The van der Waals surface area contributed by atoms with Crippen LogP contribution >= 0.6 is 11.3 Å². The first-order valence-corrected chi connectivity index (χ1v) is 7.77. The predicted molar refractivity (Wildman–Crippen MR) is 72.8 cm³/mol. The minimum Gasteiger partial charge on any atom is -0.399 e. The number of hydrogen-bond acceptors (Lipinski definition) is 6. The maximum atomic E-state index is 13.6. The summed E-state index contributed by atoms with van der Waals surface area (Å²) in [5, 5.41) is 7.78. The van der Waals surface area contributed by atoms with E-state index in [9.17, 15) is 12.8 Å². The van der Waals surface area contributed by atoms with Gasteiger partial charge < -0.3 is 5.73 Å². The standard InChI is InChI=1S/C10H11FN4O2S2/c1-2-19(16,17)15-10-14-13-9(18-10)7-5-6(12)3-4-8(7)11/h3-5H,2,12H2,1H3,(H,14,15). The molecule has 1 aromatic heterocycles. The second-order valence-electron chi connectivity index (χ2n) is 3.66. The summed E-state index contributed by atoms with van der Waals surface area (Å²) in [6, 6.07) is 4.08. The molecule has 0 aliphatic carbocycles. The summed E-state index contributed by atoms with van der Waals surface area (Å²) < 4.78 is 38.6. The molecule has 6 nitrogen and oxygen atoms in total. The van der Waals surface area contributed by atoms with Gasteiger partial charge in [0.05, 0.1) is 11.3 Å². The van der Waals surface area contributed by atoms with Gasteiger partial charge in [0, 0.05) is 5.69 Å². The number of aromatic nitrogens is 2. The number of sulfonamides is 1. The van der Waals surface area contributed by atoms with Crippen molar-refractivity contribution < 1.29 is 12.8 Å². The molecule has 102 valence electrons. The van der Waals surface area contributed by atoms with Gasteiger partial charge in [0.2, 0.25) is 15.2 Å². The molecule has 2 rings (SSSR count). The van der Waals surface area contributed by atoms with Gasteiger partial charge in [-0.1, -0.05) is 11.3 Å². The van der Waals surface area contributed by atoms with Crippen LogP contribution < -0.4 is 10.5 Å². The number of nitrogens with zero attached hydrogens (tertiary/aromatic N) is 2. The molecule has 19 heavy (non-hydrogen) atoms. The lowest BCUT2D eigenvalue weighted by molar-refractivity contribution is 0.602. The quantitative estimate of drug-likeness (QED) is 0.837. The number of anilines is 2. The molecule has 3 N–H and O–H groups in total. The maximum absolute atomic E-state index is 13.6. The number of rotatable bonds is 4. The average molecular weight is 302 g/mol. The summed E-state index contributed by atoms with van der Waals surface area (Å²) in [7, 11) is -3.42. The Morgan fingerprint density at radius 2 is 2.16 bits per heavy atom. The third kappa shape index (κ3) is 3.18. The molecular weight excluding hydrogens is 291 g/mol. The molecule has 0 aliphatic rings. The van der Waals surface area contributed by atoms with Crippen molar-refractivity contribution in [2.75, 3.05) is 16.2 Å². The highest BCUT2D eigenvalue weighted by Crippen LogP contribution is 2.30. The fourth-order valence-electron chi connectivity index (χ4n) is 1.29. The van der Waals surface area contributed by atoms with Crippen LogP contribution in [0.2, 0.25) is 0 Å². The van der Waals surface area contributed by atoms with Gasteiger partial charge in [0.1, 0.15) is 5.82 Å². The summed E-state index contributed by atoms with van der Waals surface area (Å²) in [6.45, 7) is 1.50. The Hall–Kier alpha value is -1.74. The normalized spacial score (nSPS) is 11.5. The Balaban J connectivity index is 2.33. The van der Waals surface area contributed by atoms with E-state index in [0.29, 0.717) is 5.69 Å². The molecule has 9 heteroatoms. The molecular formula is C10H11FN4O2S2. The first kappa shape index (κ1) is 13.7. The Morgan fingerprint density at radius 1 is 1.42 bits per heavy atom. The first-order valence-electron chi connectivity index (χ1n) is 5.30. The SMILES string of the molecule is CCS(=O)(=O)Nc1nnc(-c2cc(N)ccc2F)s1. The van der Waals surface area contributed by atoms with Gasteiger partial charge >= 0.3 is 0 Å². The lowest BCUT2D eigenvalue weighted by Crippen LogP contribution is -2.14. The zero-order valence-electron chi connectivity index (χ0n) is 9.92. The molecule has 0 bridgehead atoms. The van der Waals surface area contributed by atoms with Gasteiger partial charge in [-0.15, -0.1) is 10.2 Å². The van der Waals surface area contributed by atoms with E-state index in [4.69, 9.17) is 5.73 Å². The summed E-state index contributed by atoms with van der Waals surface area (Å²) in [5.41, 5.74) is 6.16. The van der Waals surface area contributed by atoms with Crippen LogP contribution in [0.5, 0.6) is 0 Å². The number of benzene rings is 1. The van der Waals surface area contributed by atoms with Crippen LogP contribution in [0.3, 0.4) is 0 Å². The molecule has 0 saturated carbocycles. The van der Waals surface area contributed by atoms with Crippen molar-refractivity contribution in [1.29, 1.82) is 0 Å². The van der Waals surface area contributed by atoms with Crippen molar-refractivity contribution in [3.63, 3.8) is 0 Å². The summed E-state index contributed by atoms with van der Waals surface area (Å²) >= 11 is 0.943. The zero-order chi connectivity index (χ0) is 14.0. The summed E-state index contributed by atoms with van der Waals surface area (Å²) in [6.07, 6.45) is 0. The first-order chi connectivity index (χ1) is 8.91. The lowest BCUT2D eigenvalue weighted by Gasteiger charge is -2.00. The van der Waals surface area contributed by atoms with Crippen LogP contribution in [0.25, 0.3) is 10.6 Å². The Labute approximate surface area is 113 Å². The van der Waals surface area contributed by atoms with Crippen LogP contribution in [0, 0.1) is 5.82 Å². The second-order valence-corrected chi connectivity index (χ2v) is 6.65. The van der Waals surface area contributed by atoms with E-state index < -0.39 is 15.8 Å². The maximum Gasteiger partial charge on any atom is 0.234 e. The van der Waals surface area contributed by atoms with Crippen LogP contribution in [0.15, 0.2) is 18.2 Å². The van der Waals surface area contributed by atoms with Crippen LogP contribution in [0.4, 0.5) is 15.2 Å². The molecule has 0 aliphatic heterocycles. The smallest absolute Gasteiger partial charge is 0.234 e. The Bertz CT molecular complexity index is 699. The number of nitrogens with two attached hydrogens (primary N) is 1. The molecule has 0 atom stereocenters. The molecule has 0 amide bonds. The molecule has 1 aromatic carbocycles. The van der Waals surface area contributed by atoms with E-state index in [1.54, 1.807) is 0 Å². The third-order valence-corrected chi connectivity index (χ3v) is 4.53. The number of hydrogen-bond donors (Lipinski definition) is 2. The molecule has 0 fully saturated rings. The van der Waals surface area contributed by atoms with Crippen molar-refractivity contribution in [1.82, 2.24) is 10.2 Å². The Kier molecular flexibility index (Phi) is 3.67. The average Bonchev–Trinajstić information content (AvgIpc) is 2.80. The van der Waals surface area contributed by atoms with Crippen molar-refractivity contribution in [2.24, 2.45) is 0 Å². The van der Waals surface area contributed by atoms with E-state index in [2.05, 4.69) is 14.9 Å². The summed E-state index contributed by atoms with van der Waals surface area (Å²) in [4.78, 5) is 0.